The number of aliphatic hydroxyl groups is 1. The molecule has 3 aromatic heterocycles. The molecule has 5 aromatic rings. The van der Waals surface area contributed by atoms with Crippen molar-refractivity contribution in [2.45, 2.75) is 45.3 Å². The van der Waals surface area contributed by atoms with Crippen LogP contribution in [0.3, 0.4) is 0 Å². The first-order valence-electron chi connectivity index (χ1n) is 14.6. The number of aromatic nitrogens is 4. The molecule has 10 heteroatoms. The predicted molar refractivity (Wildman–Crippen MR) is 166 cm³/mol. The smallest absolute Gasteiger partial charge is 0.261 e. The van der Waals surface area contributed by atoms with E-state index in [0.29, 0.717) is 22.6 Å². The van der Waals surface area contributed by atoms with Crippen LogP contribution in [0, 0.1) is 6.92 Å². The van der Waals surface area contributed by atoms with E-state index in [0.717, 1.165) is 60.0 Å². The number of aromatic amines is 2. The van der Waals surface area contributed by atoms with Gasteiger partial charge >= 0.3 is 0 Å². The minimum atomic E-state index is -0.802. The SMILES string of the molecule is CCc1cc(C)ccc1OC[C@H](O)CNc1cc[nH]c(=O)c1-c1nc2cc3c(O)n(C4CCN(C)CC4)cc3cc2[nH]1. The topological polar surface area (TPSA) is 131 Å². The predicted octanol–water partition coefficient (Wildman–Crippen LogP) is 4.57. The van der Waals surface area contributed by atoms with Crippen LogP contribution < -0.4 is 15.6 Å². The first kappa shape index (κ1) is 27.9. The van der Waals surface area contributed by atoms with E-state index < -0.39 is 6.10 Å². The zero-order valence-electron chi connectivity index (χ0n) is 24.3. The van der Waals surface area contributed by atoms with Gasteiger partial charge in [-0.1, -0.05) is 24.6 Å². The van der Waals surface area contributed by atoms with Gasteiger partial charge in [0.15, 0.2) is 5.88 Å². The number of H-pyrrole nitrogens is 2. The van der Waals surface area contributed by atoms with Gasteiger partial charge in [0, 0.05) is 35.8 Å². The highest BCUT2D eigenvalue weighted by molar-refractivity contribution is 5.99. The number of piperidine rings is 1. The Hall–Kier alpha value is -4.28. The third-order valence-corrected chi connectivity index (χ3v) is 8.25. The Balaban J connectivity index is 1.21. The van der Waals surface area contributed by atoms with Gasteiger partial charge in [0.2, 0.25) is 0 Å². The van der Waals surface area contributed by atoms with E-state index in [-0.39, 0.29) is 30.6 Å². The second-order valence-corrected chi connectivity index (χ2v) is 11.3. The maximum Gasteiger partial charge on any atom is 0.261 e. The van der Waals surface area contributed by atoms with Crippen LogP contribution in [-0.2, 0) is 6.42 Å². The summed E-state index contributed by atoms with van der Waals surface area (Å²) in [6.07, 6.45) is 5.59. The molecule has 0 aliphatic carbocycles. The van der Waals surface area contributed by atoms with Crippen LogP contribution in [0.1, 0.15) is 36.9 Å². The molecule has 1 atom stereocenters. The van der Waals surface area contributed by atoms with Crippen LogP contribution in [0.15, 0.2) is 53.6 Å². The molecule has 0 saturated carbocycles. The molecule has 1 saturated heterocycles. The number of anilines is 1. The Labute approximate surface area is 244 Å². The number of hydrogen-bond donors (Lipinski definition) is 5. The van der Waals surface area contributed by atoms with Gasteiger partial charge in [0.25, 0.3) is 5.56 Å². The summed E-state index contributed by atoms with van der Waals surface area (Å²) >= 11 is 0. The maximum absolute atomic E-state index is 13.0. The van der Waals surface area contributed by atoms with Gasteiger partial charge in [0.1, 0.15) is 29.8 Å². The lowest BCUT2D eigenvalue weighted by Gasteiger charge is -2.30. The van der Waals surface area contributed by atoms with Gasteiger partial charge in [-0.25, -0.2) is 4.98 Å². The van der Waals surface area contributed by atoms with Gasteiger partial charge in [0.05, 0.1) is 16.7 Å². The first-order chi connectivity index (χ1) is 20.3. The standard InChI is InChI=1S/C32H38N6O4/c1-4-20-13-19(2)5-6-28(20)42-18-23(39)16-34-25-7-10-33-31(40)29(25)30-35-26-14-21-17-38(22-8-11-37(3)12-9-22)32(41)24(21)15-27(26)36-30/h5-7,10,13-15,17,22-23,39,41H,4,8-9,11-12,16,18H2,1-3H3,(H,35,36)(H2,33,34,40)/t23-/m1/s1. The summed E-state index contributed by atoms with van der Waals surface area (Å²) in [4.78, 5) is 26.0. The van der Waals surface area contributed by atoms with Crippen molar-refractivity contribution >= 4 is 27.5 Å². The van der Waals surface area contributed by atoms with Crippen LogP contribution in [0.25, 0.3) is 33.2 Å². The van der Waals surface area contributed by atoms with Crippen molar-refractivity contribution in [3.63, 3.8) is 0 Å². The molecule has 10 nitrogen and oxygen atoms in total. The van der Waals surface area contributed by atoms with Gasteiger partial charge in [-0.05, 0) is 76.2 Å². The van der Waals surface area contributed by atoms with E-state index in [2.05, 4.69) is 40.2 Å². The Morgan fingerprint density at radius 2 is 2.00 bits per heavy atom. The van der Waals surface area contributed by atoms with Gasteiger partial charge in [-0.15, -0.1) is 0 Å². The molecule has 1 fully saturated rings. The molecule has 0 unspecified atom stereocenters. The molecule has 220 valence electrons. The molecule has 4 heterocycles. The van der Waals surface area contributed by atoms with E-state index in [4.69, 9.17) is 9.72 Å². The number of aryl methyl sites for hydroxylation is 2. The highest BCUT2D eigenvalue weighted by Crippen LogP contribution is 2.36. The summed E-state index contributed by atoms with van der Waals surface area (Å²) in [5.74, 6) is 1.42. The molecule has 0 spiro atoms. The molecule has 42 heavy (non-hydrogen) atoms. The normalized spacial score (nSPS) is 15.4. The Bertz CT molecular complexity index is 1780. The quantitative estimate of drug-likeness (QED) is 0.175. The molecule has 0 amide bonds. The number of rotatable bonds is 9. The van der Waals surface area contributed by atoms with Crippen molar-refractivity contribution in [3.05, 3.63) is 70.3 Å². The fourth-order valence-corrected chi connectivity index (χ4v) is 5.85. The molecular weight excluding hydrogens is 532 g/mol. The van der Waals surface area contributed by atoms with Gasteiger partial charge in [-0.3, -0.25) is 4.79 Å². The summed E-state index contributed by atoms with van der Waals surface area (Å²) in [5, 5.41) is 26.6. The zero-order valence-corrected chi connectivity index (χ0v) is 24.3. The number of nitrogens with one attached hydrogen (secondary N) is 3. The van der Waals surface area contributed by atoms with Crippen LogP contribution in [0.2, 0.25) is 0 Å². The van der Waals surface area contributed by atoms with Crippen molar-refractivity contribution in [2.24, 2.45) is 0 Å². The lowest BCUT2D eigenvalue weighted by molar-refractivity contribution is 0.117. The molecule has 1 aliphatic rings. The molecule has 0 bridgehead atoms. The number of imidazole rings is 1. The van der Waals surface area contributed by atoms with Crippen molar-refractivity contribution < 1.29 is 14.9 Å². The maximum atomic E-state index is 13.0. The van der Waals surface area contributed by atoms with Gasteiger partial charge in [-0.2, -0.15) is 0 Å². The average molecular weight is 571 g/mol. The Morgan fingerprint density at radius 1 is 1.19 bits per heavy atom. The van der Waals surface area contributed by atoms with Crippen molar-refractivity contribution in [2.75, 3.05) is 38.6 Å². The van der Waals surface area contributed by atoms with Crippen molar-refractivity contribution in [1.29, 1.82) is 0 Å². The average Bonchev–Trinajstić information content (AvgIpc) is 3.54. The summed E-state index contributed by atoms with van der Waals surface area (Å²) in [6.45, 7) is 6.42. The highest BCUT2D eigenvalue weighted by Gasteiger charge is 2.23. The van der Waals surface area contributed by atoms with Crippen molar-refractivity contribution in [3.8, 4) is 23.0 Å². The largest absolute Gasteiger partial charge is 0.494 e. The van der Waals surface area contributed by atoms with E-state index in [1.165, 1.54) is 5.56 Å². The number of pyridine rings is 1. The number of fused-ring (bicyclic) bond motifs is 2. The van der Waals surface area contributed by atoms with E-state index in [1.54, 1.807) is 12.3 Å². The van der Waals surface area contributed by atoms with Crippen LogP contribution in [-0.4, -0.2) is 74.0 Å². The molecule has 1 aliphatic heterocycles. The molecule has 5 N–H and O–H groups in total. The minimum Gasteiger partial charge on any atom is -0.494 e. The van der Waals surface area contributed by atoms with Crippen molar-refractivity contribution in [1.82, 2.24) is 24.4 Å². The van der Waals surface area contributed by atoms with Crippen LogP contribution in [0.5, 0.6) is 11.6 Å². The number of aliphatic hydroxyl groups excluding tert-OH is 1. The number of ether oxygens (including phenoxy) is 1. The third kappa shape index (κ3) is 5.47. The monoisotopic (exact) mass is 570 g/mol. The Kier molecular flexibility index (Phi) is 7.66. The highest BCUT2D eigenvalue weighted by atomic mass is 16.5. The fourth-order valence-electron chi connectivity index (χ4n) is 5.85. The van der Waals surface area contributed by atoms with Crippen LogP contribution in [0.4, 0.5) is 5.69 Å². The van der Waals surface area contributed by atoms with Crippen LogP contribution >= 0.6 is 0 Å². The molecule has 6 rings (SSSR count). The summed E-state index contributed by atoms with van der Waals surface area (Å²) in [5.41, 5.74) is 4.27. The molecule has 2 aromatic carbocycles. The Morgan fingerprint density at radius 3 is 2.79 bits per heavy atom. The molecule has 0 radical (unpaired) electrons. The molecular formula is C32H38N6O4. The van der Waals surface area contributed by atoms with E-state index in [9.17, 15) is 15.0 Å². The minimum absolute atomic E-state index is 0.114. The first-order valence-corrected chi connectivity index (χ1v) is 14.6. The lowest BCUT2D eigenvalue weighted by atomic mass is 10.1. The second-order valence-electron chi connectivity index (χ2n) is 11.3. The lowest BCUT2D eigenvalue weighted by Crippen LogP contribution is -2.31. The third-order valence-electron chi connectivity index (χ3n) is 8.25. The summed E-state index contributed by atoms with van der Waals surface area (Å²) in [7, 11) is 2.12. The van der Waals surface area contributed by atoms with E-state index >= 15 is 0 Å². The number of likely N-dealkylation sites (tertiary alicyclic amines) is 1. The summed E-state index contributed by atoms with van der Waals surface area (Å²) in [6, 6.07) is 11.9. The zero-order chi connectivity index (χ0) is 29.4. The fraction of sp³-hybridized carbons (Fsp3) is 0.375. The number of aromatic hydroxyl groups is 1. The van der Waals surface area contributed by atoms with E-state index in [1.807, 2.05) is 42.0 Å². The number of nitrogens with zero attached hydrogens (tertiary/aromatic N) is 3. The van der Waals surface area contributed by atoms with Gasteiger partial charge < -0.3 is 39.7 Å². The summed E-state index contributed by atoms with van der Waals surface area (Å²) < 4.78 is 7.89. The second kappa shape index (κ2) is 11.5. The number of hydrogen-bond acceptors (Lipinski definition) is 7. The number of benzene rings is 2.